The predicted octanol–water partition coefficient (Wildman–Crippen LogP) is 2.41. The van der Waals surface area contributed by atoms with Crippen LogP contribution in [0.25, 0.3) is 21.9 Å². The van der Waals surface area contributed by atoms with Gasteiger partial charge in [-0.25, -0.2) is 4.79 Å². The van der Waals surface area contributed by atoms with Crippen LogP contribution in [0.3, 0.4) is 0 Å². The van der Waals surface area contributed by atoms with Crippen molar-refractivity contribution in [3.05, 3.63) is 28.9 Å². The number of aromatic nitrogens is 3. The first-order valence-corrected chi connectivity index (χ1v) is 5.32. The summed E-state index contributed by atoms with van der Waals surface area (Å²) >= 11 is 5.93. The van der Waals surface area contributed by atoms with Gasteiger partial charge in [0, 0.05) is 17.5 Å². The number of H-pyrrole nitrogens is 1. The van der Waals surface area contributed by atoms with Crippen molar-refractivity contribution in [1.29, 1.82) is 0 Å². The minimum atomic E-state index is -1.02. The molecule has 1 aromatic carbocycles. The highest BCUT2D eigenvalue weighted by Crippen LogP contribution is 2.30. The summed E-state index contributed by atoms with van der Waals surface area (Å²) in [7, 11) is 1.83. The van der Waals surface area contributed by atoms with Gasteiger partial charge in [-0.2, -0.15) is 5.10 Å². The minimum absolute atomic E-state index is 0.105. The number of carboxylic acids is 1. The Hall–Kier alpha value is -2.01. The molecule has 17 heavy (non-hydrogen) atoms. The van der Waals surface area contributed by atoms with Crippen LogP contribution in [0.4, 0.5) is 0 Å². The lowest BCUT2D eigenvalue weighted by Crippen LogP contribution is -1.96. The molecule has 0 aliphatic carbocycles. The molecule has 2 aromatic heterocycles. The minimum Gasteiger partial charge on any atom is -0.477 e. The lowest BCUT2D eigenvalue weighted by atomic mass is 10.2. The van der Waals surface area contributed by atoms with Gasteiger partial charge in [-0.1, -0.05) is 17.7 Å². The van der Waals surface area contributed by atoms with E-state index in [1.54, 1.807) is 12.1 Å². The number of nitrogens with one attached hydrogen (secondary N) is 1. The maximum atomic E-state index is 11.1. The number of fused-ring (bicyclic) bond motifs is 3. The van der Waals surface area contributed by atoms with E-state index in [1.807, 2.05) is 17.7 Å². The number of rotatable bonds is 1. The van der Waals surface area contributed by atoms with E-state index in [-0.39, 0.29) is 5.69 Å². The number of hydrogen-bond acceptors (Lipinski definition) is 2. The maximum Gasteiger partial charge on any atom is 0.354 e. The smallest absolute Gasteiger partial charge is 0.354 e. The number of carbonyl (C=O) groups is 1. The summed E-state index contributed by atoms with van der Waals surface area (Å²) in [5.74, 6) is -1.02. The van der Waals surface area contributed by atoms with E-state index in [4.69, 9.17) is 16.7 Å². The predicted molar refractivity (Wildman–Crippen MR) is 64.5 cm³/mol. The fourth-order valence-corrected chi connectivity index (χ4v) is 2.26. The topological polar surface area (TPSA) is 70.9 Å². The van der Waals surface area contributed by atoms with E-state index < -0.39 is 5.97 Å². The monoisotopic (exact) mass is 249 g/mol. The van der Waals surface area contributed by atoms with E-state index in [0.717, 1.165) is 10.9 Å². The van der Waals surface area contributed by atoms with Crippen molar-refractivity contribution in [2.24, 2.45) is 7.05 Å². The van der Waals surface area contributed by atoms with Gasteiger partial charge < -0.3 is 9.67 Å². The van der Waals surface area contributed by atoms with E-state index in [9.17, 15) is 4.79 Å². The van der Waals surface area contributed by atoms with Gasteiger partial charge in [0.05, 0.1) is 10.9 Å². The average Bonchev–Trinajstić information content (AvgIpc) is 2.81. The Kier molecular flexibility index (Phi) is 1.94. The molecule has 0 saturated heterocycles. The van der Waals surface area contributed by atoms with Gasteiger partial charge >= 0.3 is 5.97 Å². The molecule has 0 atom stereocenters. The quantitative estimate of drug-likeness (QED) is 0.696. The molecule has 0 unspecified atom stereocenters. The zero-order valence-electron chi connectivity index (χ0n) is 8.86. The first-order chi connectivity index (χ1) is 8.09. The van der Waals surface area contributed by atoms with Crippen LogP contribution in [0.5, 0.6) is 0 Å². The van der Waals surface area contributed by atoms with Crippen molar-refractivity contribution in [1.82, 2.24) is 14.8 Å². The summed E-state index contributed by atoms with van der Waals surface area (Å²) in [6.07, 6.45) is 0. The number of aromatic carboxylic acids is 1. The van der Waals surface area contributed by atoms with Crippen LogP contribution in [0.15, 0.2) is 18.2 Å². The molecule has 2 heterocycles. The molecule has 3 aromatic rings. The summed E-state index contributed by atoms with van der Waals surface area (Å²) in [5, 5.41) is 17.7. The van der Waals surface area contributed by atoms with Gasteiger partial charge in [0.2, 0.25) is 0 Å². The normalized spacial score (nSPS) is 11.4. The number of nitrogens with zero attached hydrogens (tertiary/aromatic N) is 2. The van der Waals surface area contributed by atoms with E-state index >= 15 is 0 Å². The lowest BCUT2D eigenvalue weighted by molar-refractivity contribution is 0.0692. The van der Waals surface area contributed by atoms with Crippen LogP contribution < -0.4 is 0 Å². The van der Waals surface area contributed by atoms with Gasteiger partial charge in [-0.15, -0.1) is 0 Å². The number of aromatic amines is 1. The molecule has 0 aliphatic heterocycles. The summed E-state index contributed by atoms with van der Waals surface area (Å²) < 4.78 is 1.82. The molecule has 0 spiro atoms. The molecule has 0 bridgehead atoms. The van der Waals surface area contributed by atoms with Crippen molar-refractivity contribution in [2.45, 2.75) is 0 Å². The van der Waals surface area contributed by atoms with E-state index in [2.05, 4.69) is 10.2 Å². The third-order valence-corrected chi connectivity index (χ3v) is 3.10. The van der Waals surface area contributed by atoms with Gasteiger partial charge in [-0.05, 0) is 12.1 Å². The number of carboxylic acid groups (broad SMARTS) is 1. The summed E-state index contributed by atoms with van der Waals surface area (Å²) in [4.78, 5) is 11.1. The fraction of sp³-hybridized carbons (Fsp3) is 0.0909. The molecule has 6 heteroatoms. The van der Waals surface area contributed by atoms with Crippen molar-refractivity contribution < 1.29 is 9.90 Å². The molecule has 0 radical (unpaired) electrons. The Morgan fingerprint density at radius 2 is 2.29 bits per heavy atom. The van der Waals surface area contributed by atoms with Crippen molar-refractivity contribution in [2.75, 3.05) is 0 Å². The molecule has 5 nitrogen and oxygen atoms in total. The Morgan fingerprint density at radius 3 is 3.00 bits per heavy atom. The van der Waals surface area contributed by atoms with Crippen LogP contribution >= 0.6 is 11.6 Å². The van der Waals surface area contributed by atoms with Crippen molar-refractivity contribution >= 4 is 39.5 Å². The molecule has 0 saturated carbocycles. The average molecular weight is 250 g/mol. The molecule has 2 N–H and O–H groups in total. The molecule has 0 amide bonds. The highest BCUT2D eigenvalue weighted by molar-refractivity contribution is 6.31. The molecule has 86 valence electrons. The largest absolute Gasteiger partial charge is 0.477 e. The van der Waals surface area contributed by atoms with Crippen LogP contribution in [0, 0.1) is 0 Å². The molecule has 0 aliphatic rings. The van der Waals surface area contributed by atoms with Crippen molar-refractivity contribution in [3.63, 3.8) is 0 Å². The standard InChI is InChI=1S/C11H8ClN3O2/c1-15-7-4-5(12)2-3-6(7)8-9(11(16)17)13-14-10(8)15/h2-4H,1H3,(H,13,14)(H,16,17). The summed E-state index contributed by atoms with van der Waals surface area (Å²) in [5.41, 5.74) is 1.58. The first kappa shape index (κ1) is 10.2. The Labute approximate surface area is 101 Å². The second kappa shape index (κ2) is 3.24. The second-order valence-corrected chi connectivity index (χ2v) is 4.26. The summed E-state index contributed by atoms with van der Waals surface area (Å²) in [6.45, 7) is 0. The number of hydrogen-bond donors (Lipinski definition) is 2. The first-order valence-electron chi connectivity index (χ1n) is 4.95. The highest BCUT2D eigenvalue weighted by Gasteiger charge is 2.19. The van der Waals surface area contributed by atoms with Crippen molar-refractivity contribution in [3.8, 4) is 0 Å². The second-order valence-electron chi connectivity index (χ2n) is 3.82. The Balaban J connectivity index is 2.56. The summed E-state index contributed by atoms with van der Waals surface area (Å²) in [6, 6.07) is 5.34. The molecular formula is C11H8ClN3O2. The van der Waals surface area contributed by atoms with Crippen LogP contribution in [0.2, 0.25) is 5.02 Å². The zero-order chi connectivity index (χ0) is 12.2. The molecular weight excluding hydrogens is 242 g/mol. The Morgan fingerprint density at radius 1 is 1.53 bits per heavy atom. The van der Waals surface area contributed by atoms with Crippen LogP contribution in [-0.2, 0) is 7.05 Å². The molecule has 3 rings (SSSR count). The fourth-order valence-electron chi connectivity index (χ4n) is 2.09. The van der Waals surface area contributed by atoms with E-state index in [1.165, 1.54) is 0 Å². The third-order valence-electron chi connectivity index (χ3n) is 2.87. The number of aryl methyl sites for hydroxylation is 1. The number of benzene rings is 1. The van der Waals surface area contributed by atoms with Crippen LogP contribution in [0.1, 0.15) is 10.5 Å². The highest BCUT2D eigenvalue weighted by atomic mass is 35.5. The van der Waals surface area contributed by atoms with E-state index in [0.29, 0.717) is 16.1 Å². The zero-order valence-corrected chi connectivity index (χ0v) is 9.62. The van der Waals surface area contributed by atoms with Crippen LogP contribution in [-0.4, -0.2) is 25.8 Å². The Bertz CT molecular complexity index is 757. The third kappa shape index (κ3) is 1.26. The van der Waals surface area contributed by atoms with Gasteiger partial charge in [-0.3, -0.25) is 5.10 Å². The maximum absolute atomic E-state index is 11.1. The lowest BCUT2D eigenvalue weighted by Gasteiger charge is -1.96. The van der Waals surface area contributed by atoms with Gasteiger partial charge in [0.15, 0.2) is 11.3 Å². The SMILES string of the molecule is Cn1c2cc(Cl)ccc2c2c(C(=O)O)[nH]nc21. The molecule has 0 fully saturated rings. The number of halogens is 1. The van der Waals surface area contributed by atoms with Gasteiger partial charge in [0.1, 0.15) is 0 Å². The van der Waals surface area contributed by atoms with Gasteiger partial charge in [0.25, 0.3) is 0 Å².